The summed E-state index contributed by atoms with van der Waals surface area (Å²) in [6.45, 7) is 4.20. The number of amides is 1. The van der Waals surface area contributed by atoms with Crippen molar-refractivity contribution in [3.63, 3.8) is 0 Å². The van der Waals surface area contributed by atoms with E-state index in [4.69, 9.17) is 0 Å². The van der Waals surface area contributed by atoms with E-state index in [0.29, 0.717) is 6.54 Å². The monoisotopic (exact) mass is 358 g/mol. The molecule has 3 aromatic rings. The van der Waals surface area contributed by atoms with E-state index in [9.17, 15) is 14.9 Å². The molecule has 1 aliphatic heterocycles. The summed E-state index contributed by atoms with van der Waals surface area (Å²) in [5, 5.41) is 13.4. The second kappa shape index (κ2) is 6.68. The molecule has 0 bridgehead atoms. The quantitative estimate of drug-likeness (QED) is 0.382. The fourth-order valence-corrected chi connectivity index (χ4v) is 3.88. The summed E-state index contributed by atoms with van der Waals surface area (Å²) >= 11 is 0. The molecule has 1 heterocycles. The highest BCUT2D eigenvalue weighted by molar-refractivity contribution is 6.03. The molecular weight excluding hydrogens is 340 g/mol. The highest BCUT2D eigenvalue weighted by Gasteiger charge is 2.33. The van der Waals surface area contributed by atoms with Gasteiger partial charge >= 0.3 is 0 Å². The highest BCUT2D eigenvalue weighted by atomic mass is 16.6. The maximum atomic E-state index is 12.8. The summed E-state index contributed by atoms with van der Waals surface area (Å²) < 4.78 is 0. The van der Waals surface area contributed by atoms with E-state index in [-0.39, 0.29) is 23.9 Å². The first-order valence-corrected chi connectivity index (χ1v) is 8.77. The third-order valence-corrected chi connectivity index (χ3v) is 5.06. The molecule has 0 N–H and O–H groups in total. The van der Waals surface area contributed by atoms with Crippen molar-refractivity contribution in [1.82, 2.24) is 0 Å². The Bertz CT molecular complexity index is 1070. The van der Waals surface area contributed by atoms with Crippen molar-refractivity contribution in [3.05, 3.63) is 94.6 Å². The zero-order valence-electron chi connectivity index (χ0n) is 14.7. The zero-order chi connectivity index (χ0) is 19.0. The molecule has 0 aromatic heterocycles. The van der Waals surface area contributed by atoms with E-state index < -0.39 is 4.92 Å². The van der Waals surface area contributed by atoms with Crippen molar-refractivity contribution < 1.29 is 9.72 Å². The molecule has 0 aliphatic carbocycles. The van der Waals surface area contributed by atoms with Gasteiger partial charge in [-0.15, -0.1) is 6.58 Å². The van der Waals surface area contributed by atoms with Crippen molar-refractivity contribution in [2.45, 2.75) is 12.3 Å². The molecule has 134 valence electrons. The van der Waals surface area contributed by atoms with Crippen LogP contribution in [0.25, 0.3) is 10.8 Å². The molecule has 0 radical (unpaired) electrons. The minimum absolute atomic E-state index is 0.00538. The molecule has 4 rings (SSSR count). The van der Waals surface area contributed by atoms with Crippen LogP contribution in [0.3, 0.4) is 0 Å². The Balaban J connectivity index is 1.97. The normalized spacial score (nSPS) is 16.2. The van der Waals surface area contributed by atoms with Crippen LogP contribution in [0.5, 0.6) is 0 Å². The molecule has 1 amide bonds. The fraction of sp³-hybridized carbons (Fsp3) is 0.136. The maximum Gasteiger partial charge on any atom is 0.269 e. The molecule has 3 aromatic carbocycles. The van der Waals surface area contributed by atoms with Crippen LogP contribution in [-0.4, -0.2) is 17.4 Å². The second-order valence-electron chi connectivity index (χ2n) is 6.62. The molecule has 1 aliphatic rings. The zero-order valence-corrected chi connectivity index (χ0v) is 14.7. The van der Waals surface area contributed by atoms with Crippen LogP contribution in [0.2, 0.25) is 0 Å². The molecular formula is C22H18N2O3. The number of nitro benzene ring substituents is 1. The number of hydrogen-bond donors (Lipinski definition) is 0. The van der Waals surface area contributed by atoms with Gasteiger partial charge in [-0.1, -0.05) is 48.5 Å². The third-order valence-electron chi connectivity index (χ3n) is 5.06. The number of hydrogen-bond acceptors (Lipinski definition) is 3. The number of nitrogens with zero attached hydrogens (tertiary/aromatic N) is 2. The van der Waals surface area contributed by atoms with Crippen molar-refractivity contribution in [2.75, 3.05) is 11.4 Å². The summed E-state index contributed by atoms with van der Waals surface area (Å²) in [5.41, 5.74) is 2.71. The smallest absolute Gasteiger partial charge is 0.269 e. The molecule has 0 saturated carbocycles. The number of fused-ring (bicyclic) bond motifs is 3. The first-order chi connectivity index (χ1) is 13.1. The third kappa shape index (κ3) is 2.87. The minimum Gasteiger partial charge on any atom is -0.308 e. The van der Waals surface area contributed by atoms with Crippen molar-refractivity contribution in [3.8, 4) is 0 Å². The molecule has 1 atom stereocenters. The van der Waals surface area contributed by atoms with Gasteiger partial charge in [0.15, 0.2) is 0 Å². The van der Waals surface area contributed by atoms with Crippen LogP contribution in [0.4, 0.5) is 11.4 Å². The standard InChI is InChI=1S/C22H18N2O3/c1-2-12-23-20-11-10-15-6-3-4-9-18(15)22(20)19(14-21(23)25)16-7-5-8-17(13-16)24(26)27/h2-11,13,19H,1,12,14H2. The Morgan fingerprint density at radius 1 is 1.15 bits per heavy atom. The van der Waals surface area contributed by atoms with Crippen molar-refractivity contribution in [2.24, 2.45) is 0 Å². The summed E-state index contributed by atoms with van der Waals surface area (Å²) in [7, 11) is 0. The molecule has 27 heavy (non-hydrogen) atoms. The van der Waals surface area contributed by atoms with Gasteiger partial charge in [0.05, 0.1) is 4.92 Å². The predicted molar refractivity (Wildman–Crippen MR) is 106 cm³/mol. The topological polar surface area (TPSA) is 63.5 Å². The molecule has 0 fully saturated rings. The number of nitro groups is 1. The van der Waals surface area contributed by atoms with Gasteiger partial charge in [-0.05, 0) is 28.0 Å². The largest absolute Gasteiger partial charge is 0.308 e. The first-order valence-electron chi connectivity index (χ1n) is 8.77. The number of rotatable bonds is 4. The fourth-order valence-electron chi connectivity index (χ4n) is 3.88. The van der Waals surface area contributed by atoms with Gasteiger partial charge in [0.2, 0.25) is 5.91 Å². The SMILES string of the molecule is C=CCN1C(=O)CC(c2cccc([N+](=O)[O-])c2)c2c1ccc1ccccc21. The Kier molecular flexibility index (Phi) is 4.20. The summed E-state index contributed by atoms with van der Waals surface area (Å²) in [5.74, 6) is -0.228. The second-order valence-corrected chi connectivity index (χ2v) is 6.62. The van der Waals surface area contributed by atoms with E-state index in [1.165, 1.54) is 6.07 Å². The minimum atomic E-state index is -0.401. The molecule has 5 heteroatoms. The maximum absolute atomic E-state index is 12.8. The lowest BCUT2D eigenvalue weighted by Gasteiger charge is -2.34. The van der Waals surface area contributed by atoms with Crippen LogP contribution in [0.1, 0.15) is 23.5 Å². The summed E-state index contributed by atoms with van der Waals surface area (Å²) in [4.78, 5) is 25.4. The van der Waals surface area contributed by atoms with Gasteiger partial charge in [-0.25, -0.2) is 0 Å². The Morgan fingerprint density at radius 3 is 2.74 bits per heavy atom. The van der Waals surface area contributed by atoms with Crippen LogP contribution in [-0.2, 0) is 4.79 Å². The molecule has 1 unspecified atom stereocenters. The van der Waals surface area contributed by atoms with Gasteiger partial charge in [0, 0.05) is 36.7 Å². The lowest BCUT2D eigenvalue weighted by molar-refractivity contribution is -0.384. The van der Waals surface area contributed by atoms with Gasteiger partial charge < -0.3 is 4.90 Å². The van der Waals surface area contributed by atoms with Crippen LogP contribution >= 0.6 is 0 Å². The Hall–Kier alpha value is -3.47. The summed E-state index contributed by atoms with van der Waals surface area (Å²) in [6.07, 6.45) is 1.99. The predicted octanol–water partition coefficient (Wildman–Crippen LogP) is 4.80. The van der Waals surface area contributed by atoms with E-state index >= 15 is 0 Å². The van der Waals surface area contributed by atoms with E-state index in [1.807, 2.05) is 42.5 Å². The average molecular weight is 358 g/mol. The Labute approximate surface area is 156 Å². The van der Waals surface area contributed by atoms with Gasteiger partial charge in [-0.2, -0.15) is 0 Å². The van der Waals surface area contributed by atoms with E-state index in [1.54, 1.807) is 23.1 Å². The first kappa shape index (κ1) is 17.0. The number of benzene rings is 3. The average Bonchev–Trinajstić information content (AvgIpc) is 2.69. The van der Waals surface area contributed by atoms with Gasteiger partial charge in [0.25, 0.3) is 5.69 Å². The van der Waals surface area contributed by atoms with Gasteiger partial charge in [0.1, 0.15) is 0 Å². The van der Waals surface area contributed by atoms with Crippen molar-refractivity contribution in [1.29, 1.82) is 0 Å². The molecule has 0 saturated heterocycles. The molecule has 0 spiro atoms. The summed E-state index contributed by atoms with van der Waals surface area (Å²) in [6, 6.07) is 18.6. The number of non-ortho nitro benzene ring substituents is 1. The number of carbonyl (C=O) groups is 1. The van der Waals surface area contributed by atoms with E-state index in [0.717, 1.165) is 27.6 Å². The van der Waals surface area contributed by atoms with Crippen molar-refractivity contribution >= 4 is 28.1 Å². The lowest BCUT2D eigenvalue weighted by Crippen LogP contribution is -2.37. The molecule has 5 nitrogen and oxygen atoms in total. The van der Waals surface area contributed by atoms with Crippen LogP contribution in [0, 0.1) is 10.1 Å². The number of anilines is 1. The lowest BCUT2D eigenvalue weighted by atomic mass is 9.81. The van der Waals surface area contributed by atoms with Crippen LogP contribution < -0.4 is 4.90 Å². The van der Waals surface area contributed by atoms with E-state index in [2.05, 4.69) is 6.58 Å². The van der Waals surface area contributed by atoms with Crippen LogP contribution in [0.15, 0.2) is 73.3 Å². The highest BCUT2D eigenvalue weighted by Crippen LogP contribution is 2.44. The number of carbonyl (C=O) groups excluding carboxylic acids is 1. The van der Waals surface area contributed by atoms with Gasteiger partial charge in [-0.3, -0.25) is 14.9 Å². The Morgan fingerprint density at radius 2 is 1.96 bits per heavy atom.